The zero-order chi connectivity index (χ0) is 16.1. The van der Waals surface area contributed by atoms with E-state index in [0.717, 1.165) is 11.3 Å². The van der Waals surface area contributed by atoms with Gasteiger partial charge in [-0.2, -0.15) is 0 Å². The van der Waals surface area contributed by atoms with Crippen molar-refractivity contribution in [3.05, 3.63) is 51.9 Å². The van der Waals surface area contributed by atoms with Crippen molar-refractivity contribution in [2.45, 2.75) is 20.8 Å². The molecule has 1 aromatic heterocycles. The monoisotopic (exact) mass is 360 g/mol. The van der Waals surface area contributed by atoms with E-state index in [1.54, 1.807) is 25.4 Å². The van der Waals surface area contributed by atoms with Gasteiger partial charge in [-0.15, -0.1) is 0 Å². The van der Waals surface area contributed by atoms with Crippen molar-refractivity contribution in [3.63, 3.8) is 0 Å². The van der Waals surface area contributed by atoms with Crippen molar-refractivity contribution in [1.29, 1.82) is 0 Å². The van der Waals surface area contributed by atoms with Gasteiger partial charge in [-0.1, -0.05) is 17.2 Å². The Morgan fingerprint density at radius 1 is 1.23 bits per heavy atom. The average Bonchev–Trinajstić information content (AvgIpc) is 2.46. The van der Waals surface area contributed by atoms with E-state index < -0.39 is 5.97 Å². The maximum Gasteiger partial charge on any atom is 0.345 e. The van der Waals surface area contributed by atoms with Gasteiger partial charge in [0.05, 0.1) is 30.4 Å². The quantitative estimate of drug-likeness (QED) is 0.609. The molecule has 0 radical (unpaired) electrons. The third-order valence-electron chi connectivity index (χ3n) is 2.92. The minimum Gasteiger partial charge on any atom is -0.462 e. The lowest BCUT2D eigenvalue weighted by Crippen LogP contribution is -2.03. The highest BCUT2D eigenvalue weighted by molar-refractivity contribution is 9.12. The molecule has 22 heavy (non-hydrogen) atoms. The number of carbonyl (C=O) groups is 1. The van der Waals surface area contributed by atoms with Crippen LogP contribution in [0.4, 0.5) is 0 Å². The molecule has 0 amide bonds. The summed E-state index contributed by atoms with van der Waals surface area (Å²) in [6, 6.07) is 6.23. The topological polar surface area (TPSA) is 52.1 Å². The third-order valence-corrected chi connectivity index (χ3v) is 3.47. The summed E-state index contributed by atoms with van der Waals surface area (Å²) in [5, 5.41) is 0. The Morgan fingerprint density at radius 2 is 1.91 bits per heavy atom. The smallest absolute Gasteiger partial charge is 0.345 e. The first-order chi connectivity index (χ1) is 10.5. The summed E-state index contributed by atoms with van der Waals surface area (Å²) in [4.78, 5) is 20.3. The normalized spacial score (nSPS) is 11.4. The molecule has 2 aromatic rings. The van der Waals surface area contributed by atoms with E-state index in [1.807, 2.05) is 13.8 Å². The number of nitrogens with zero attached hydrogens (tertiary/aromatic N) is 2. The fourth-order valence-electron chi connectivity index (χ4n) is 2.10. The molecule has 0 bridgehead atoms. The van der Waals surface area contributed by atoms with Crippen LogP contribution in [0, 0.1) is 13.8 Å². The summed E-state index contributed by atoms with van der Waals surface area (Å²) in [6.07, 6.45) is 4.92. The summed E-state index contributed by atoms with van der Waals surface area (Å²) < 4.78 is 5.24. The van der Waals surface area contributed by atoms with Gasteiger partial charge in [0.15, 0.2) is 0 Å². The molecule has 0 atom stereocenters. The largest absolute Gasteiger partial charge is 0.462 e. The highest BCUT2D eigenvalue weighted by atomic mass is 79.9. The van der Waals surface area contributed by atoms with E-state index in [-0.39, 0.29) is 0 Å². The Bertz CT molecular complexity index is 706. The predicted octanol–water partition coefficient (Wildman–Crippen LogP) is 4.06. The highest BCUT2D eigenvalue weighted by Crippen LogP contribution is 2.21. The Morgan fingerprint density at radius 3 is 2.55 bits per heavy atom. The van der Waals surface area contributed by atoms with Crippen molar-refractivity contribution in [2.24, 2.45) is 0 Å². The molecule has 1 aromatic carbocycles. The summed E-state index contributed by atoms with van der Waals surface area (Å²) in [6.45, 7) is 6.19. The molecular formula is C17H17BrN2O2. The molecule has 5 heteroatoms. The van der Waals surface area contributed by atoms with Crippen molar-refractivity contribution >= 4 is 28.0 Å². The molecule has 0 spiro atoms. The predicted molar refractivity (Wildman–Crippen MR) is 90.5 cm³/mol. The fourth-order valence-corrected chi connectivity index (χ4v) is 2.45. The Balaban J connectivity index is 2.34. The lowest BCUT2D eigenvalue weighted by Gasteiger charge is -2.05. The minimum atomic E-state index is -0.416. The molecule has 1 heterocycles. The van der Waals surface area contributed by atoms with Crippen molar-refractivity contribution in [1.82, 2.24) is 9.97 Å². The number of halogens is 1. The molecule has 0 aliphatic rings. The molecule has 2 rings (SSSR count). The molecule has 0 aliphatic heterocycles. The van der Waals surface area contributed by atoms with E-state index in [2.05, 4.69) is 44.1 Å². The third kappa shape index (κ3) is 4.24. The summed E-state index contributed by atoms with van der Waals surface area (Å²) in [5.74, 6) is -0.416. The van der Waals surface area contributed by atoms with Crippen molar-refractivity contribution < 1.29 is 9.53 Å². The zero-order valence-electron chi connectivity index (χ0n) is 12.8. The number of hydrogen-bond donors (Lipinski definition) is 0. The number of aryl methyl sites for hydroxylation is 2. The molecule has 4 nitrogen and oxygen atoms in total. The standard InChI is InChI=1S/C17H17BrN2O2/c1-4-22-17(21)15(18)8-14-9-19-10-16(20-14)13-6-11(2)5-12(3)7-13/h5-10H,4H2,1-3H3/b15-8-. The Labute approximate surface area is 138 Å². The molecule has 0 saturated heterocycles. The van der Waals surface area contributed by atoms with Crippen LogP contribution in [0.25, 0.3) is 17.3 Å². The van der Waals surface area contributed by atoms with Gasteiger partial charge < -0.3 is 4.74 Å². The molecular weight excluding hydrogens is 344 g/mol. The average molecular weight is 361 g/mol. The van der Waals surface area contributed by atoms with Gasteiger partial charge in [-0.25, -0.2) is 9.78 Å². The second-order valence-electron chi connectivity index (χ2n) is 4.92. The van der Waals surface area contributed by atoms with Gasteiger partial charge in [0.2, 0.25) is 0 Å². The van der Waals surface area contributed by atoms with E-state index in [4.69, 9.17) is 4.74 Å². The van der Waals surface area contributed by atoms with Gasteiger partial charge in [-0.05, 0) is 54.9 Å². The maximum absolute atomic E-state index is 11.6. The second-order valence-corrected chi connectivity index (χ2v) is 5.77. The van der Waals surface area contributed by atoms with E-state index in [1.165, 1.54) is 11.1 Å². The summed E-state index contributed by atoms with van der Waals surface area (Å²) >= 11 is 3.20. The number of benzene rings is 1. The molecule has 0 N–H and O–H groups in total. The van der Waals surface area contributed by atoms with Gasteiger partial charge in [0.1, 0.15) is 4.48 Å². The summed E-state index contributed by atoms with van der Waals surface area (Å²) in [7, 11) is 0. The molecule has 0 fully saturated rings. The van der Waals surface area contributed by atoms with E-state index in [9.17, 15) is 4.79 Å². The first kappa shape index (κ1) is 16.4. The number of carbonyl (C=O) groups excluding carboxylic acids is 1. The van der Waals surface area contributed by atoms with Crippen LogP contribution < -0.4 is 0 Å². The van der Waals surface area contributed by atoms with Crippen LogP contribution in [0.15, 0.2) is 35.1 Å². The first-order valence-corrected chi connectivity index (χ1v) is 7.74. The lowest BCUT2D eigenvalue weighted by molar-refractivity contribution is -0.137. The van der Waals surface area contributed by atoms with Gasteiger partial charge in [0, 0.05) is 5.56 Å². The van der Waals surface area contributed by atoms with Gasteiger partial charge in [0.25, 0.3) is 0 Å². The van der Waals surface area contributed by atoms with Gasteiger partial charge in [-0.3, -0.25) is 4.98 Å². The van der Waals surface area contributed by atoms with Gasteiger partial charge >= 0.3 is 5.97 Å². The molecule has 0 aliphatic carbocycles. The van der Waals surface area contributed by atoms with Crippen LogP contribution in [0.1, 0.15) is 23.7 Å². The molecule has 114 valence electrons. The number of rotatable bonds is 4. The van der Waals surface area contributed by atoms with Crippen molar-refractivity contribution in [3.8, 4) is 11.3 Å². The minimum absolute atomic E-state index is 0.321. The lowest BCUT2D eigenvalue weighted by atomic mass is 10.1. The van der Waals surface area contributed by atoms with Crippen LogP contribution in [-0.2, 0) is 9.53 Å². The van der Waals surface area contributed by atoms with Crippen LogP contribution in [-0.4, -0.2) is 22.5 Å². The first-order valence-electron chi connectivity index (χ1n) is 6.94. The zero-order valence-corrected chi connectivity index (χ0v) is 14.3. The van der Waals surface area contributed by atoms with Crippen LogP contribution >= 0.6 is 15.9 Å². The summed E-state index contributed by atoms with van der Waals surface area (Å²) in [5.41, 5.74) is 4.71. The van der Waals surface area contributed by atoms with Crippen LogP contribution in [0.5, 0.6) is 0 Å². The Hall–Kier alpha value is -2.01. The maximum atomic E-state index is 11.6. The number of hydrogen-bond acceptors (Lipinski definition) is 4. The van der Waals surface area contributed by atoms with E-state index in [0.29, 0.717) is 16.8 Å². The fraction of sp³-hybridized carbons (Fsp3) is 0.235. The number of esters is 1. The van der Waals surface area contributed by atoms with Crippen molar-refractivity contribution in [2.75, 3.05) is 6.61 Å². The molecule has 0 saturated carbocycles. The van der Waals surface area contributed by atoms with Crippen LogP contribution in [0.3, 0.4) is 0 Å². The second kappa shape index (κ2) is 7.31. The Kier molecular flexibility index (Phi) is 5.44. The highest BCUT2D eigenvalue weighted by Gasteiger charge is 2.08. The van der Waals surface area contributed by atoms with Crippen LogP contribution in [0.2, 0.25) is 0 Å². The van der Waals surface area contributed by atoms with E-state index >= 15 is 0 Å². The molecule has 0 unspecified atom stereocenters. The SMILES string of the molecule is CCOC(=O)/C(Br)=C/c1cncc(-c2cc(C)cc(C)c2)n1. The number of aromatic nitrogens is 2. The number of ether oxygens (including phenoxy) is 1.